The number of pyridine rings is 1. The third kappa shape index (κ3) is 3.63. The van der Waals surface area contributed by atoms with Crippen molar-refractivity contribution in [2.45, 2.75) is 29.7 Å². The lowest BCUT2D eigenvalue weighted by Crippen LogP contribution is -2.14. The van der Waals surface area contributed by atoms with Gasteiger partial charge in [-0.05, 0) is 24.5 Å². The summed E-state index contributed by atoms with van der Waals surface area (Å²) < 4.78 is 6.72. The van der Waals surface area contributed by atoms with E-state index in [1.54, 1.807) is 4.68 Å². The van der Waals surface area contributed by atoms with E-state index in [0.717, 1.165) is 40.7 Å². The number of ether oxygens (including phenoxy) is 1. The lowest BCUT2D eigenvalue weighted by molar-refractivity contribution is 0.0600. The van der Waals surface area contributed by atoms with Gasteiger partial charge < -0.3 is 10.6 Å². The molecule has 2 aromatic carbocycles. The minimum Gasteiger partial charge on any atom is -0.465 e. The van der Waals surface area contributed by atoms with Crippen LogP contribution in [0.3, 0.4) is 0 Å². The van der Waals surface area contributed by atoms with Crippen LogP contribution in [0.25, 0.3) is 22.0 Å². The average molecular weight is 432 g/mol. The molecule has 5 rings (SSSR count). The number of benzene rings is 2. The molecule has 0 radical (unpaired) electrons. The molecule has 0 atom stereocenters. The molecule has 0 aliphatic heterocycles. The molecular formula is C23H21N5O2S. The number of rotatable bonds is 6. The van der Waals surface area contributed by atoms with E-state index < -0.39 is 5.97 Å². The zero-order chi connectivity index (χ0) is 21.4. The number of thioether (sulfide) groups is 1. The van der Waals surface area contributed by atoms with Gasteiger partial charge in [-0.15, -0.1) is 10.2 Å². The fraction of sp³-hybridized carbons (Fsp3) is 0.217. The molecule has 2 aromatic heterocycles. The highest BCUT2D eigenvalue weighted by atomic mass is 32.2. The summed E-state index contributed by atoms with van der Waals surface area (Å²) in [5.41, 5.74) is 3.67. The van der Waals surface area contributed by atoms with Gasteiger partial charge in [0.15, 0.2) is 5.82 Å². The largest absolute Gasteiger partial charge is 0.465 e. The Labute approximate surface area is 183 Å². The summed E-state index contributed by atoms with van der Waals surface area (Å²) >= 11 is 1.41. The molecule has 7 nitrogen and oxygen atoms in total. The average Bonchev–Trinajstić information content (AvgIpc) is 3.59. The minimum absolute atomic E-state index is 0.404. The van der Waals surface area contributed by atoms with Gasteiger partial charge in [0.25, 0.3) is 0 Å². The summed E-state index contributed by atoms with van der Waals surface area (Å²) in [5, 5.41) is 9.98. The third-order valence-corrected chi connectivity index (χ3v) is 6.35. The van der Waals surface area contributed by atoms with Crippen molar-refractivity contribution < 1.29 is 9.53 Å². The predicted octanol–water partition coefficient (Wildman–Crippen LogP) is 4.16. The van der Waals surface area contributed by atoms with Crippen LogP contribution in [-0.2, 0) is 10.5 Å². The fourth-order valence-electron chi connectivity index (χ4n) is 3.73. The molecule has 2 N–H and O–H groups in total. The normalized spacial score (nSPS) is 13.5. The molecule has 0 spiro atoms. The smallest absolute Gasteiger partial charge is 0.340 e. The van der Waals surface area contributed by atoms with Gasteiger partial charge >= 0.3 is 5.97 Å². The summed E-state index contributed by atoms with van der Waals surface area (Å²) in [6.07, 6.45) is 2.19. The van der Waals surface area contributed by atoms with E-state index >= 15 is 0 Å². The van der Waals surface area contributed by atoms with Crippen LogP contribution in [0.15, 0.2) is 59.8 Å². The Hall–Kier alpha value is -3.39. The van der Waals surface area contributed by atoms with E-state index in [2.05, 4.69) is 10.2 Å². The van der Waals surface area contributed by atoms with E-state index in [1.165, 1.54) is 18.9 Å². The molecule has 0 saturated heterocycles. The first-order valence-corrected chi connectivity index (χ1v) is 11.0. The van der Waals surface area contributed by atoms with Crippen LogP contribution in [0, 0.1) is 0 Å². The second-order valence-electron chi connectivity index (χ2n) is 7.46. The highest BCUT2D eigenvalue weighted by Gasteiger charge is 2.30. The van der Waals surface area contributed by atoms with Crippen LogP contribution in [0.4, 0.5) is 0 Å². The van der Waals surface area contributed by atoms with Crippen molar-refractivity contribution in [1.82, 2.24) is 19.9 Å². The van der Waals surface area contributed by atoms with Crippen molar-refractivity contribution in [2.24, 2.45) is 0 Å². The van der Waals surface area contributed by atoms with Crippen molar-refractivity contribution in [2.75, 3.05) is 13.0 Å². The summed E-state index contributed by atoms with van der Waals surface area (Å²) in [6.45, 7) is 0. The number of carbonyl (C=O) groups excluding carboxylic acids is 1. The summed E-state index contributed by atoms with van der Waals surface area (Å²) in [5.74, 6) is 7.41. The number of nitrogen functional groups attached to an aromatic ring is 1. The van der Waals surface area contributed by atoms with Gasteiger partial charge in [0.2, 0.25) is 5.16 Å². The molecule has 0 amide bonds. The van der Waals surface area contributed by atoms with Crippen LogP contribution >= 0.6 is 11.8 Å². The molecule has 0 bridgehead atoms. The number of hydrogen-bond donors (Lipinski definition) is 1. The SMILES string of the molecule is COC(=O)c1c(CSc2nnc(C3CC3)n2N)nc2ccccc2c1-c1ccccc1. The molecule has 0 unspecified atom stereocenters. The maximum Gasteiger partial charge on any atom is 0.340 e. The number of esters is 1. The molecule has 31 heavy (non-hydrogen) atoms. The number of aromatic nitrogens is 4. The van der Waals surface area contributed by atoms with E-state index in [0.29, 0.717) is 28.1 Å². The van der Waals surface area contributed by atoms with E-state index in [1.807, 2.05) is 54.6 Å². The Morgan fingerprint density at radius 1 is 1.13 bits per heavy atom. The van der Waals surface area contributed by atoms with Gasteiger partial charge in [-0.2, -0.15) is 0 Å². The van der Waals surface area contributed by atoms with Crippen LogP contribution in [-0.4, -0.2) is 32.9 Å². The lowest BCUT2D eigenvalue weighted by Gasteiger charge is -2.16. The number of methoxy groups -OCH3 is 1. The standard InChI is InChI=1S/C23H21N5O2S/c1-30-22(29)20-18(13-31-23-27-26-21(28(23)24)15-11-12-15)25-17-10-6-5-9-16(17)19(20)14-7-3-2-4-8-14/h2-10,15H,11-13,24H2,1H3. The number of hydrogen-bond acceptors (Lipinski definition) is 7. The molecule has 4 aromatic rings. The molecular weight excluding hydrogens is 410 g/mol. The van der Waals surface area contributed by atoms with E-state index in [-0.39, 0.29) is 0 Å². The van der Waals surface area contributed by atoms with Gasteiger partial charge in [-0.1, -0.05) is 60.3 Å². The first-order valence-electron chi connectivity index (χ1n) is 10.1. The van der Waals surface area contributed by atoms with Gasteiger partial charge in [0, 0.05) is 22.6 Å². The highest BCUT2D eigenvalue weighted by Crippen LogP contribution is 2.40. The zero-order valence-corrected chi connectivity index (χ0v) is 17.8. The number of fused-ring (bicyclic) bond motifs is 1. The second-order valence-corrected chi connectivity index (χ2v) is 8.40. The zero-order valence-electron chi connectivity index (χ0n) is 17.0. The number of carbonyl (C=O) groups is 1. The van der Waals surface area contributed by atoms with Crippen LogP contribution in [0.1, 0.15) is 40.6 Å². The van der Waals surface area contributed by atoms with Crippen molar-refractivity contribution in [3.8, 4) is 11.1 Å². The van der Waals surface area contributed by atoms with Crippen LogP contribution in [0.5, 0.6) is 0 Å². The van der Waals surface area contributed by atoms with E-state index in [4.69, 9.17) is 15.6 Å². The third-order valence-electron chi connectivity index (χ3n) is 5.39. The maximum absolute atomic E-state index is 12.9. The van der Waals surface area contributed by atoms with Crippen molar-refractivity contribution in [3.63, 3.8) is 0 Å². The van der Waals surface area contributed by atoms with Crippen LogP contribution < -0.4 is 5.84 Å². The Kier molecular flexibility index (Phi) is 5.07. The van der Waals surface area contributed by atoms with Gasteiger partial charge in [-0.25, -0.2) is 9.47 Å². The first-order chi connectivity index (χ1) is 15.2. The van der Waals surface area contributed by atoms with Crippen molar-refractivity contribution in [3.05, 3.63) is 71.7 Å². The molecule has 2 heterocycles. The molecule has 1 saturated carbocycles. The maximum atomic E-state index is 12.9. The topological polar surface area (TPSA) is 95.9 Å². The highest BCUT2D eigenvalue weighted by molar-refractivity contribution is 7.98. The first kappa shape index (κ1) is 19.6. The Morgan fingerprint density at radius 2 is 1.87 bits per heavy atom. The number of para-hydroxylation sites is 1. The predicted molar refractivity (Wildman–Crippen MR) is 120 cm³/mol. The molecule has 156 valence electrons. The molecule has 1 aliphatic carbocycles. The minimum atomic E-state index is -0.416. The van der Waals surface area contributed by atoms with Crippen LogP contribution in [0.2, 0.25) is 0 Å². The fourth-order valence-corrected chi connectivity index (χ4v) is 4.54. The number of nitrogens with zero attached hydrogens (tertiary/aromatic N) is 4. The lowest BCUT2D eigenvalue weighted by atomic mass is 9.94. The molecule has 1 fully saturated rings. The molecule has 8 heteroatoms. The van der Waals surface area contributed by atoms with E-state index in [9.17, 15) is 4.79 Å². The summed E-state index contributed by atoms with van der Waals surface area (Å²) in [4.78, 5) is 17.7. The monoisotopic (exact) mass is 431 g/mol. The quantitative estimate of drug-likeness (QED) is 0.278. The van der Waals surface area contributed by atoms with Gasteiger partial charge in [0.1, 0.15) is 0 Å². The summed E-state index contributed by atoms with van der Waals surface area (Å²) in [6, 6.07) is 17.7. The second kappa shape index (κ2) is 8.03. The van der Waals surface area contributed by atoms with Crippen molar-refractivity contribution in [1.29, 1.82) is 0 Å². The summed E-state index contributed by atoms with van der Waals surface area (Å²) in [7, 11) is 1.39. The Balaban J connectivity index is 1.62. The Morgan fingerprint density at radius 3 is 2.61 bits per heavy atom. The van der Waals surface area contributed by atoms with Gasteiger partial charge in [-0.3, -0.25) is 4.98 Å². The Bertz CT molecular complexity index is 1270. The van der Waals surface area contributed by atoms with Gasteiger partial charge in [0.05, 0.1) is 23.9 Å². The molecule has 1 aliphatic rings. The van der Waals surface area contributed by atoms with Crippen molar-refractivity contribution >= 4 is 28.6 Å². The number of nitrogens with two attached hydrogens (primary N) is 1.